The van der Waals surface area contributed by atoms with Gasteiger partial charge in [-0.3, -0.25) is 0 Å². The second kappa shape index (κ2) is 7.34. The monoisotopic (exact) mass is 238 g/mol. The molecule has 0 aliphatic carbocycles. The molecule has 16 heavy (non-hydrogen) atoms. The predicted octanol–water partition coefficient (Wildman–Crippen LogP) is 4.37. The van der Waals surface area contributed by atoms with Gasteiger partial charge in [0.1, 0.15) is 12.4 Å². The number of benzene rings is 1. The number of alkyl halides is 1. The lowest BCUT2D eigenvalue weighted by molar-refractivity contribution is 0.362. The van der Waals surface area contributed by atoms with Crippen LogP contribution in [0.4, 0.5) is 0 Å². The smallest absolute Gasteiger partial charge is 0.119 e. The summed E-state index contributed by atoms with van der Waals surface area (Å²) >= 11 is 5.51. The van der Waals surface area contributed by atoms with Crippen LogP contribution < -0.4 is 4.74 Å². The normalized spacial score (nSPS) is 12.9. The summed E-state index contributed by atoms with van der Waals surface area (Å²) in [6.07, 6.45) is 4.98. The van der Waals surface area contributed by atoms with Crippen LogP contribution >= 0.6 is 11.6 Å². The molecule has 0 saturated heterocycles. The van der Waals surface area contributed by atoms with Gasteiger partial charge in [0, 0.05) is 5.88 Å². The Morgan fingerprint density at radius 1 is 1.25 bits per heavy atom. The molecule has 1 unspecified atom stereocenters. The standard InChI is InChI=1S/C14H19ClO/c1-3-12(2)13-6-8-14(9-7-13)16-11-5-4-10-15/h4-9,12H,3,10-11H2,1-2H3/b5-4+. The van der Waals surface area contributed by atoms with Crippen LogP contribution in [0.3, 0.4) is 0 Å². The van der Waals surface area contributed by atoms with E-state index in [0.29, 0.717) is 18.4 Å². The van der Waals surface area contributed by atoms with E-state index in [1.165, 1.54) is 12.0 Å². The molecule has 1 aromatic rings. The molecule has 1 aromatic carbocycles. The summed E-state index contributed by atoms with van der Waals surface area (Å²) in [4.78, 5) is 0. The van der Waals surface area contributed by atoms with Crippen molar-refractivity contribution in [1.29, 1.82) is 0 Å². The Labute approximate surface area is 103 Å². The maximum Gasteiger partial charge on any atom is 0.119 e. The molecule has 2 heteroatoms. The second-order valence-corrected chi connectivity index (χ2v) is 4.12. The van der Waals surface area contributed by atoms with Gasteiger partial charge in [-0.25, -0.2) is 0 Å². The van der Waals surface area contributed by atoms with Crippen molar-refractivity contribution >= 4 is 11.6 Å². The summed E-state index contributed by atoms with van der Waals surface area (Å²) < 4.78 is 5.53. The molecule has 0 spiro atoms. The summed E-state index contributed by atoms with van der Waals surface area (Å²) in [5.41, 5.74) is 1.37. The molecule has 0 bridgehead atoms. The molecule has 0 aromatic heterocycles. The largest absolute Gasteiger partial charge is 0.490 e. The first-order valence-electron chi connectivity index (χ1n) is 5.71. The summed E-state index contributed by atoms with van der Waals surface area (Å²) in [5.74, 6) is 2.06. The minimum atomic E-state index is 0.538. The van der Waals surface area contributed by atoms with Gasteiger partial charge in [-0.05, 0) is 30.0 Å². The number of ether oxygens (including phenoxy) is 1. The van der Waals surface area contributed by atoms with Crippen LogP contribution in [0.1, 0.15) is 31.7 Å². The van der Waals surface area contributed by atoms with Crippen LogP contribution in [-0.2, 0) is 0 Å². The lowest BCUT2D eigenvalue weighted by Gasteiger charge is -2.09. The minimum Gasteiger partial charge on any atom is -0.490 e. The van der Waals surface area contributed by atoms with E-state index in [4.69, 9.17) is 16.3 Å². The number of rotatable bonds is 6. The SMILES string of the molecule is CCC(C)c1ccc(OC/C=C/CCl)cc1. The highest BCUT2D eigenvalue weighted by Gasteiger charge is 2.02. The van der Waals surface area contributed by atoms with Crippen molar-refractivity contribution in [3.8, 4) is 5.75 Å². The van der Waals surface area contributed by atoms with Gasteiger partial charge in [-0.15, -0.1) is 11.6 Å². The van der Waals surface area contributed by atoms with Crippen LogP contribution in [0.2, 0.25) is 0 Å². The summed E-state index contributed by atoms with van der Waals surface area (Å²) in [6.45, 7) is 5.01. The highest BCUT2D eigenvalue weighted by atomic mass is 35.5. The third kappa shape index (κ3) is 4.28. The lowest BCUT2D eigenvalue weighted by atomic mass is 9.99. The van der Waals surface area contributed by atoms with Crippen molar-refractivity contribution in [2.75, 3.05) is 12.5 Å². The topological polar surface area (TPSA) is 9.23 Å². The first-order chi connectivity index (χ1) is 7.77. The van der Waals surface area contributed by atoms with Crippen molar-refractivity contribution < 1.29 is 4.74 Å². The van der Waals surface area contributed by atoms with E-state index in [0.717, 1.165) is 5.75 Å². The van der Waals surface area contributed by atoms with Crippen LogP contribution in [0.5, 0.6) is 5.75 Å². The van der Waals surface area contributed by atoms with Crippen molar-refractivity contribution in [3.63, 3.8) is 0 Å². The fourth-order valence-electron chi connectivity index (χ4n) is 1.40. The molecule has 0 aliphatic rings. The van der Waals surface area contributed by atoms with Gasteiger partial charge in [0.25, 0.3) is 0 Å². The fourth-order valence-corrected chi connectivity index (χ4v) is 1.53. The van der Waals surface area contributed by atoms with Gasteiger partial charge in [-0.1, -0.05) is 38.1 Å². The molecule has 0 heterocycles. The van der Waals surface area contributed by atoms with E-state index < -0.39 is 0 Å². The molecular weight excluding hydrogens is 220 g/mol. The molecule has 0 amide bonds. The van der Waals surface area contributed by atoms with E-state index in [2.05, 4.69) is 26.0 Å². The number of hydrogen-bond acceptors (Lipinski definition) is 1. The molecule has 0 saturated carbocycles. The van der Waals surface area contributed by atoms with E-state index in [1.807, 2.05) is 24.3 Å². The van der Waals surface area contributed by atoms with E-state index in [-0.39, 0.29) is 0 Å². The van der Waals surface area contributed by atoms with Crippen LogP contribution in [0.15, 0.2) is 36.4 Å². The molecule has 88 valence electrons. The molecule has 0 N–H and O–H groups in total. The number of allylic oxidation sites excluding steroid dienone is 1. The molecule has 1 nitrogen and oxygen atoms in total. The maximum absolute atomic E-state index is 5.53. The Morgan fingerprint density at radius 3 is 2.50 bits per heavy atom. The Balaban J connectivity index is 2.48. The van der Waals surface area contributed by atoms with Gasteiger partial charge in [0.05, 0.1) is 0 Å². The molecule has 1 rings (SSSR count). The van der Waals surface area contributed by atoms with Gasteiger partial charge in [0.2, 0.25) is 0 Å². The lowest BCUT2D eigenvalue weighted by Crippen LogP contribution is -1.95. The zero-order chi connectivity index (χ0) is 11.8. The first-order valence-corrected chi connectivity index (χ1v) is 6.25. The molecule has 0 fully saturated rings. The molecular formula is C14H19ClO. The quantitative estimate of drug-likeness (QED) is 0.528. The Morgan fingerprint density at radius 2 is 1.94 bits per heavy atom. The van der Waals surface area contributed by atoms with Crippen LogP contribution in [0.25, 0.3) is 0 Å². The summed E-state index contributed by atoms with van der Waals surface area (Å²) in [5, 5.41) is 0. The summed E-state index contributed by atoms with van der Waals surface area (Å²) in [6, 6.07) is 8.32. The molecule has 0 radical (unpaired) electrons. The molecule has 1 atom stereocenters. The second-order valence-electron chi connectivity index (χ2n) is 3.82. The maximum atomic E-state index is 5.53. The van der Waals surface area contributed by atoms with E-state index in [1.54, 1.807) is 0 Å². The fraction of sp³-hybridized carbons (Fsp3) is 0.429. The number of hydrogen-bond donors (Lipinski definition) is 0. The average Bonchev–Trinajstić information content (AvgIpc) is 2.34. The van der Waals surface area contributed by atoms with Crippen LogP contribution in [0, 0.1) is 0 Å². The highest BCUT2D eigenvalue weighted by Crippen LogP contribution is 2.21. The zero-order valence-electron chi connectivity index (χ0n) is 9.95. The molecule has 0 aliphatic heterocycles. The van der Waals surface area contributed by atoms with E-state index in [9.17, 15) is 0 Å². The van der Waals surface area contributed by atoms with Crippen molar-refractivity contribution in [2.45, 2.75) is 26.2 Å². The average molecular weight is 239 g/mol. The third-order valence-corrected chi connectivity index (χ3v) is 2.84. The first kappa shape index (κ1) is 13.1. The van der Waals surface area contributed by atoms with Gasteiger partial charge >= 0.3 is 0 Å². The summed E-state index contributed by atoms with van der Waals surface area (Å²) in [7, 11) is 0. The third-order valence-electron chi connectivity index (χ3n) is 2.66. The predicted molar refractivity (Wildman–Crippen MR) is 70.5 cm³/mol. The van der Waals surface area contributed by atoms with Gasteiger partial charge in [0.15, 0.2) is 0 Å². The Hall–Kier alpha value is -0.950. The minimum absolute atomic E-state index is 0.538. The number of halogens is 1. The highest BCUT2D eigenvalue weighted by molar-refractivity contribution is 6.18. The Bertz CT molecular complexity index is 316. The van der Waals surface area contributed by atoms with E-state index >= 15 is 0 Å². The zero-order valence-corrected chi connectivity index (χ0v) is 10.7. The van der Waals surface area contributed by atoms with Gasteiger partial charge < -0.3 is 4.74 Å². The van der Waals surface area contributed by atoms with Crippen molar-refractivity contribution in [1.82, 2.24) is 0 Å². The Kier molecular flexibility index (Phi) is 6.02. The van der Waals surface area contributed by atoms with Crippen molar-refractivity contribution in [3.05, 3.63) is 42.0 Å². The van der Waals surface area contributed by atoms with Crippen LogP contribution in [-0.4, -0.2) is 12.5 Å². The van der Waals surface area contributed by atoms with Gasteiger partial charge in [-0.2, -0.15) is 0 Å². The van der Waals surface area contributed by atoms with Crippen molar-refractivity contribution in [2.24, 2.45) is 0 Å².